The maximum absolute atomic E-state index is 11.4. The van der Waals surface area contributed by atoms with Crippen molar-refractivity contribution in [2.24, 2.45) is 5.73 Å². The van der Waals surface area contributed by atoms with Gasteiger partial charge in [-0.3, -0.25) is 23.4 Å². The molecule has 0 bridgehead atoms. The first-order chi connectivity index (χ1) is 16.5. The molecular formula is C19H51N4O10P3S. The van der Waals surface area contributed by atoms with E-state index in [1.165, 1.54) is 14.2 Å². The highest BCUT2D eigenvalue weighted by Crippen LogP contribution is 2.57. The summed E-state index contributed by atoms with van der Waals surface area (Å²) in [5.74, 6) is 0. The molecule has 1 aliphatic heterocycles. The number of nitrogens with two attached hydrogens (primary N) is 1. The Bertz CT molecular complexity index is 843. The molecule has 1 saturated heterocycles. The number of rotatable bonds is 12. The van der Waals surface area contributed by atoms with Gasteiger partial charge in [0.2, 0.25) is 0 Å². The first kappa shape index (κ1) is 41.8. The van der Waals surface area contributed by atoms with E-state index >= 15 is 0 Å². The van der Waals surface area contributed by atoms with Gasteiger partial charge >= 0.3 is 7.75 Å². The van der Waals surface area contributed by atoms with Crippen LogP contribution in [0.4, 0.5) is 0 Å². The van der Waals surface area contributed by atoms with Gasteiger partial charge < -0.3 is 25.1 Å². The van der Waals surface area contributed by atoms with Crippen LogP contribution in [0.2, 0.25) is 0 Å². The molecule has 0 aromatic heterocycles. The predicted octanol–water partition coefficient (Wildman–Crippen LogP) is 1.39. The van der Waals surface area contributed by atoms with E-state index in [4.69, 9.17) is 25.0 Å². The second-order valence-corrected chi connectivity index (χ2v) is 19.1. The van der Waals surface area contributed by atoms with Crippen molar-refractivity contribution in [3.8, 4) is 0 Å². The van der Waals surface area contributed by atoms with Gasteiger partial charge in [-0.2, -0.15) is 8.42 Å². The van der Waals surface area contributed by atoms with Crippen LogP contribution in [0.25, 0.3) is 0 Å². The van der Waals surface area contributed by atoms with Crippen molar-refractivity contribution >= 4 is 32.4 Å². The minimum Gasteiger partial charge on any atom is -0.395 e. The standard InChI is InChI=1S/C6H16NO4PS.C5H12NO3P.C5H14NO2P.C3H9NO/c1-6(7-12(2,3)8)5-11-13(4,9)10;1-5-4-6(5)10(7,8-2)9-3;1-5(4-7)6-9(2,3)8;1-3(4)2-5/h6H,5H2,1-4H3,(H,7,8);5H,4H2,1-3H3;5,7H,4H2,1-3H3,(H,6,8);3,5H,2,4H2,1H3. The molecule has 5 atom stereocenters. The monoisotopic (exact) mass is 620 g/mol. The van der Waals surface area contributed by atoms with Crippen molar-refractivity contribution in [1.82, 2.24) is 14.8 Å². The third kappa shape index (κ3) is 29.1. The summed E-state index contributed by atoms with van der Waals surface area (Å²) in [6.45, 7) is 14.6. The molecule has 0 radical (unpaired) electrons. The summed E-state index contributed by atoms with van der Waals surface area (Å²) < 4.78 is 70.5. The summed E-state index contributed by atoms with van der Waals surface area (Å²) in [4.78, 5) is 0. The molecule has 1 aliphatic rings. The Kier molecular flexibility index (Phi) is 21.9. The summed E-state index contributed by atoms with van der Waals surface area (Å²) in [5, 5.41) is 22.1. The van der Waals surface area contributed by atoms with E-state index in [0.29, 0.717) is 6.04 Å². The third-order valence-electron chi connectivity index (χ3n) is 3.76. The Labute approximate surface area is 223 Å². The average Bonchev–Trinajstić information content (AvgIpc) is 3.47. The Morgan fingerprint density at radius 2 is 1.30 bits per heavy atom. The molecule has 5 unspecified atom stereocenters. The van der Waals surface area contributed by atoms with E-state index in [1.54, 1.807) is 52.1 Å². The second kappa shape index (κ2) is 19.4. The summed E-state index contributed by atoms with van der Waals surface area (Å²) >= 11 is 0. The molecule has 228 valence electrons. The van der Waals surface area contributed by atoms with Crippen molar-refractivity contribution in [3.63, 3.8) is 0 Å². The molecule has 1 fully saturated rings. The van der Waals surface area contributed by atoms with Crippen molar-refractivity contribution in [3.05, 3.63) is 0 Å². The number of aliphatic hydroxyl groups excluding tert-OH is 2. The summed E-state index contributed by atoms with van der Waals surface area (Å²) in [5.41, 5.74) is 5.04. The summed E-state index contributed by atoms with van der Waals surface area (Å²) in [6, 6.07) is -0.0258. The highest BCUT2D eigenvalue weighted by molar-refractivity contribution is 7.86. The molecule has 18 heteroatoms. The maximum atomic E-state index is 11.4. The van der Waals surface area contributed by atoms with Gasteiger partial charge in [0.25, 0.3) is 10.1 Å². The van der Waals surface area contributed by atoms with Gasteiger partial charge in [0, 0.05) is 71.6 Å². The third-order valence-corrected chi connectivity index (χ3v) is 8.56. The van der Waals surface area contributed by atoms with Crippen LogP contribution in [0.3, 0.4) is 0 Å². The number of nitrogens with one attached hydrogen (secondary N) is 2. The van der Waals surface area contributed by atoms with Gasteiger partial charge in [0.05, 0.1) is 26.1 Å². The average molecular weight is 621 g/mol. The SMILES string of the molecule is CC(CO)NP(C)(C)=O.CC(COS(C)(=O)=O)NP(C)(C)=O.CC(N)CO.COP(=O)(OC)N1CC1C. The number of hydrogen-bond acceptors (Lipinski definition) is 11. The van der Waals surface area contributed by atoms with Gasteiger partial charge in [0.1, 0.15) is 14.6 Å². The zero-order valence-electron chi connectivity index (χ0n) is 24.1. The number of hydrogen-bond donors (Lipinski definition) is 5. The molecular weight excluding hydrogens is 569 g/mol. The molecule has 0 amide bonds. The van der Waals surface area contributed by atoms with Gasteiger partial charge in [-0.25, -0.2) is 9.24 Å². The van der Waals surface area contributed by atoms with Crippen LogP contribution in [-0.4, -0.2) is 121 Å². The molecule has 6 N–H and O–H groups in total. The predicted molar refractivity (Wildman–Crippen MR) is 151 cm³/mol. The first-order valence-electron chi connectivity index (χ1n) is 11.4. The fraction of sp³-hybridized carbons (Fsp3) is 1.00. The number of nitrogens with zero attached hydrogens (tertiary/aromatic N) is 1. The van der Waals surface area contributed by atoms with Crippen LogP contribution >= 0.6 is 22.3 Å². The molecule has 0 aromatic carbocycles. The van der Waals surface area contributed by atoms with Crippen LogP contribution in [-0.2, 0) is 37.0 Å². The Morgan fingerprint density at radius 3 is 1.46 bits per heavy atom. The van der Waals surface area contributed by atoms with E-state index in [9.17, 15) is 22.1 Å². The minimum absolute atomic E-state index is 0.00447. The van der Waals surface area contributed by atoms with Gasteiger partial charge in [0.15, 0.2) is 0 Å². The maximum Gasteiger partial charge on any atom is 0.407 e. The molecule has 0 saturated carbocycles. The highest BCUT2D eigenvalue weighted by atomic mass is 32.2. The second-order valence-electron chi connectivity index (χ2n) is 9.40. The molecule has 1 rings (SSSR count). The molecule has 1 heterocycles. The zero-order valence-corrected chi connectivity index (χ0v) is 27.6. The van der Waals surface area contributed by atoms with E-state index < -0.39 is 32.4 Å². The van der Waals surface area contributed by atoms with Gasteiger partial charge in [-0.15, -0.1) is 0 Å². The fourth-order valence-corrected chi connectivity index (χ4v) is 6.43. The molecule has 0 aliphatic carbocycles. The number of aliphatic hydroxyl groups is 2. The lowest BCUT2D eigenvalue weighted by atomic mass is 10.4. The molecule has 0 aromatic rings. The van der Waals surface area contributed by atoms with E-state index in [0.717, 1.165) is 12.8 Å². The van der Waals surface area contributed by atoms with Crippen molar-refractivity contribution in [2.75, 3.05) is 73.5 Å². The van der Waals surface area contributed by atoms with Gasteiger partial charge in [-0.05, 0) is 27.7 Å². The van der Waals surface area contributed by atoms with E-state index in [2.05, 4.69) is 14.4 Å². The fourth-order valence-electron chi connectivity index (χ4n) is 2.21. The van der Waals surface area contributed by atoms with Crippen LogP contribution in [0.5, 0.6) is 0 Å². The lowest BCUT2D eigenvalue weighted by Crippen LogP contribution is -2.28. The lowest BCUT2D eigenvalue weighted by molar-refractivity contribution is 0.245. The first-order valence-corrected chi connectivity index (χ1v) is 19.9. The highest BCUT2D eigenvalue weighted by Gasteiger charge is 2.45. The molecule has 37 heavy (non-hydrogen) atoms. The normalized spacial score (nSPS) is 20.1. The van der Waals surface area contributed by atoms with E-state index in [-0.39, 0.29) is 37.9 Å². The van der Waals surface area contributed by atoms with Gasteiger partial charge in [-0.1, -0.05) is 0 Å². The topological polar surface area (TPSA) is 207 Å². The Balaban J connectivity index is -0.000000436. The van der Waals surface area contributed by atoms with Crippen LogP contribution in [0.15, 0.2) is 0 Å². The molecule has 14 nitrogen and oxygen atoms in total. The molecule has 0 spiro atoms. The zero-order chi connectivity index (χ0) is 30.3. The van der Waals surface area contributed by atoms with E-state index in [1.807, 2.05) is 6.92 Å². The Hall–Kier alpha value is 0.280. The minimum atomic E-state index is -3.40. The van der Waals surface area contributed by atoms with Crippen LogP contribution < -0.4 is 15.9 Å². The van der Waals surface area contributed by atoms with Crippen LogP contribution in [0.1, 0.15) is 27.7 Å². The summed E-state index contributed by atoms with van der Waals surface area (Å²) in [7, 11) is -7.95. The van der Waals surface area contributed by atoms with Crippen molar-refractivity contribution < 1.29 is 45.6 Å². The largest absolute Gasteiger partial charge is 0.407 e. The van der Waals surface area contributed by atoms with Crippen molar-refractivity contribution in [1.29, 1.82) is 0 Å². The lowest BCUT2D eigenvalue weighted by Gasteiger charge is -2.16. The smallest absolute Gasteiger partial charge is 0.395 e. The summed E-state index contributed by atoms with van der Waals surface area (Å²) in [6.07, 6.45) is 0.983. The quantitative estimate of drug-likeness (QED) is 0.119. The van der Waals surface area contributed by atoms with Crippen LogP contribution in [0, 0.1) is 0 Å². The Morgan fingerprint density at radius 1 is 0.946 bits per heavy atom. The van der Waals surface area contributed by atoms with Crippen molar-refractivity contribution in [2.45, 2.75) is 51.9 Å².